The predicted molar refractivity (Wildman–Crippen MR) is 60.2 cm³/mol. The Hall–Kier alpha value is -1.75. The fraction of sp³-hybridized carbons (Fsp3) is 0. The maximum Gasteiger partial charge on any atom is 0.170 e. The van der Waals surface area contributed by atoms with E-state index in [1.54, 1.807) is 12.4 Å². The molecule has 0 bridgehead atoms. The van der Waals surface area contributed by atoms with Crippen LogP contribution in [0, 0.1) is 5.41 Å². The molecule has 0 aliphatic rings. The molecule has 4 N–H and O–H groups in total. The molecule has 0 saturated carbocycles. The number of nitrogens with zero attached hydrogens (tertiary/aromatic N) is 1. The van der Waals surface area contributed by atoms with E-state index in [0.717, 1.165) is 15.6 Å². The first-order chi connectivity index (χ1) is 7.25. The monoisotopic (exact) mass is 218 g/mol. The van der Waals surface area contributed by atoms with Crippen LogP contribution in [0.15, 0.2) is 46.7 Å². The Morgan fingerprint density at radius 2 is 2.07 bits per heavy atom. The number of nitrogens with one attached hydrogen (secondary N) is 2. The lowest BCUT2D eigenvalue weighted by Gasteiger charge is -2.00. The number of benzene rings is 1. The minimum absolute atomic E-state index is 0.0875. The number of amidine groups is 1. The van der Waals surface area contributed by atoms with Crippen LogP contribution in [0.1, 0.15) is 5.56 Å². The lowest BCUT2D eigenvalue weighted by Crippen LogP contribution is -2.10. The molecule has 4 nitrogen and oxygen atoms in total. The van der Waals surface area contributed by atoms with Crippen LogP contribution in [0.5, 0.6) is 0 Å². The third kappa shape index (κ3) is 2.38. The van der Waals surface area contributed by atoms with E-state index in [9.17, 15) is 0 Å². The van der Waals surface area contributed by atoms with Gasteiger partial charge in [0.2, 0.25) is 0 Å². The smallest absolute Gasteiger partial charge is 0.170 e. The Bertz CT molecular complexity index is 447. The molecule has 0 radical (unpaired) electrons. The van der Waals surface area contributed by atoms with Crippen molar-refractivity contribution in [3.05, 3.63) is 42.2 Å². The van der Waals surface area contributed by atoms with Crippen molar-refractivity contribution in [3.8, 4) is 0 Å². The van der Waals surface area contributed by atoms with E-state index in [1.807, 2.05) is 24.3 Å². The zero-order chi connectivity index (χ0) is 10.7. The maximum atomic E-state index is 7.25. The molecule has 76 valence electrons. The second kappa shape index (κ2) is 4.18. The van der Waals surface area contributed by atoms with E-state index < -0.39 is 0 Å². The van der Waals surface area contributed by atoms with Gasteiger partial charge in [0.1, 0.15) is 5.84 Å². The van der Waals surface area contributed by atoms with E-state index >= 15 is 0 Å². The van der Waals surface area contributed by atoms with Gasteiger partial charge in [0, 0.05) is 22.9 Å². The van der Waals surface area contributed by atoms with Crippen molar-refractivity contribution in [2.75, 3.05) is 0 Å². The highest BCUT2D eigenvalue weighted by molar-refractivity contribution is 7.99. The van der Waals surface area contributed by atoms with E-state index in [-0.39, 0.29) is 5.84 Å². The minimum Gasteiger partial charge on any atom is -0.384 e. The first-order valence-electron chi connectivity index (χ1n) is 4.37. The van der Waals surface area contributed by atoms with Crippen molar-refractivity contribution < 1.29 is 0 Å². The summed E-state index contributed by atoms with van der Waals surface area (Å²) in [5.74, 6) is 0.0875. The predicted octanol–water partition coefficient (Wildman–Crippen LogP) is 1.84. The highest BCUT2D eigenvalue weighted by atomic mass is 32.2. The number of hydrogen-bond acceptors (Lipinski definition) is 3. The van der Waals surface area contributed by atoms with Crippen molar-refractivity contribution in [1.29, 1.82) is 5.41 Å². The number of rotatable bonds is 3. The Morgan fingerprint density at radius 3 is 2.60 bits per heavy atom. The van der Waals surface area contributed by atoms with E-state index in [4.69, 9.17) is 11.1 Å². The number of imidazole rings is 1. The van der Waals surface area contributed by atoms with Crippen LogP contribution in [0.25, 0.3) is 0 Å². The van der Waals surface area contributed by atoms with Crippen LogP contribution < -0.4 is 5.73 Å². The van der Waals surface area contributed by atoms with Gasteiger partial charge < -0.3 is 10.7 Å². The normalized spacial score (nSPS) is 10.1. The van der Waals surface area contributed by atoms with Crippen LogP contribution in [0.2, 0.25) is 0 Å². The summed E-state index contributed by atoms with van der Waals surface area (Å²) in [5, 5.41) is 8.11. The summed E-state index contributed by atoms with van der Waals surface area (Å²) in [4.78, 5) is 8.18. The van der Waals surface area contributed by atoms with E-state index in [2.05, 4.69) is 9.97 Å². The fourth-order valence-electron chi connectivity index (χ4n) is 1.12. The molecule has 2 aromatic rings. The second-order valence-corrected chi connectivity index (χ2v) is 4.00. The molecule has 2 rings (SSSR count). The molecule has 0 atom stereocenters. The number of nitrogens with two attached hydrogens (primary N) is 1. The summed E-state index contributed by atoms with van der Waals surface area (Å²) in [5.41, 5.74) is 6.09. The molecule has 0 spiro atoms. The molecule has 1 heterocycles. The molecule has 0 aliphatic heterocycles. The van der Waals surface area contributed by atoms with Gasteiger partial charge in [0.15, 0.2) is 5.16 Å². The van der Waals surface area contributed by atoms with Crippen molar-refractivity contribution in [1.82, 2.24) is 9.97 Å². The van der Waals surface area contributed by atoms with Gasteiger partial charge in [0.05, 0.1) is 0 Å². The van der Waals surface area contributed by atoms with Crippen LogP contribution >= 0.6 is 11.8 Å². The highest BCUT2D eigenvalue weighted by Gasteiger charge is 2.00. The zero-order valence-electron chi connectivity index (χ0n) is 7.90. The van der Waals surface area contributed by atoms with Gasteiger partial charge in [-0.3, -0.25) is 5.41 Å². The molecule has 15 heavy (non-hydrogen) atoms. The zero-order valence-corrected chi connectivity index (χ0v) is 8.71. The van der Waals surface area contributed by atoms with Crippen molar-refractivity contribution in [3.63, 3.8) is 0 Å². The fourth-order valence-corrected chi connectivity index (χ4v) is 1.86. The van der Waals surface area contributed by atoms with Gasteiger partial charge in [-0.25, -0.2) is 4.98 Å². The van der Waals surface area contributed by atoms with Crippen LogP contribution in [-0.2, 0) is 0 Å². The summed E-state index contributed by atoms with van der Waals surface area (Å²) in [7, 11) is 0. The van der Waals surface area contributed by atoms with E-state index in [1.165, 1.54) is 11.8 Å². The molecular formula is C10H10N4S. The number of aromatic nitrogens is 2. The van der Waals surface area contributed by atoms with Crippen molar-refractivity contribution in [2.24, 2.45) is 5.73 Å². The van der Waals surface area contributed by atoms with Gasteiger partial charge in [-0.15, -0.1) is 0 Å². The van der Waals surface area contributed by atoms with Gasteiger partial charge in [-0.2, -0.15) is 0 Å². The summed E-state index contributed by atoms with van der Waals surface area (Å²) in [6.07, 6.45) is 3.50. The third-order valence-corrected chi connectivity index (χ3v) is 2.78. The quantitative estimate of drug-likeness (QED) is 0.543. The average Bonchev–Trinajstić information content (AvgIpc) is 2.71. The number of H-pyrrole nitrogens is 1. The molecule has 1 aromatic carbocycles. The topological polar surface area (TPSA) is 78.6 Å². The standard InChI is InChI=1S/C10H10N4S/c11-9(12)7-1-3-8(4-2-7)15-10-13-5-6-14-10/h1-6H,(H3,11,12)(H,13,14). The maximum absolute atomic E-state index is 7.25. The first-order valence-corrected chi connectivity index (χ1v) is 5.19. The summed E-state index contributed by atoms with van der Waals surface area (Å²) in [6.45, 7) is 0. The van der Waals surface area contributed by atoms with Gasteiger partial charge in [-0.05, 0) is 12.1 Å². The Balaban J connectivity index is 2.14. The first kappa shape index (κ1) is 9.79. The van der Waals surface area contributed by atoms with Crippen molar-refractivity contribution >= 4 is 17.6 Å². The minimum atomic E-state index is 0.0875. The van der Waals surface area contributed by atoms with Gasteiger partial charge in [0.25, 0.3) is 0 Å². The van der Waals surface area contributed by atoms with Crippen LogP contribution in [0.4, 0.5) is 0 Å². The third-order valence-electron chi connectivity index (χ3n) is 1.85. The Morgan fingerprint density at radius 1 is 1.33 bits per heavy atom. The van der Waals surface area contributed by atoms with Gasteiger partial charge >= 0.3 is 0 Å². The lowest BCUT2D eigenvalue weighted by molar-refractivity contribution is 1.06. The number of hydrogen-bond donors (Lipinski definition) is 3. The van der Waals surface area contributed by atoms with Crippen molar-refractivity contribution in [2.45, 2.75) is 10.1 Å². The second-order valence-electron chi connectivity index (χ2n) is 2.93. The van der Waals surface area contributed by atoms with Crippen LogP contribution in [0.3, 0.4) is 0 Å². The molecule has 1 aromatic heterocycles. The number of nitrogen functional groups attached to an aromatic ring is 1. The summed E-state index contributed by atoms with van der Waals surface area (Å²) in [6, 6.07) is 7.50. The SMILES string of the molecule is N=C(N)c1ccc(Sc2ncc[nH]2)cc1. The van der Waals surface area contributed by atoms with Gasteiger partial charge in [-0.1, -0.05) is 23.9 Å². The molecule has 5 heteroatoms. The Kier molecular flexibility index (Phi) is 2.73. The van der Waals surface area contributed by atoms with Crippen LogP contribution in [-0.4, -0.2) is 15.8 Å². The molecule has 0 saturated heterocycles. The average molecular weight is 218 g/mol. The lowest BCUT2D eigenvalue weighted by atomic mass is 10.2. The molecule has 0 unspecified atom stereocenters. The molecule has 0 amide bonds. The summed E-state index contributed by atoms with van der Waals surface area (Å²) >= 11 is 1.54. The molecular weight excluding hydrogens is 208 g/mol. The van der Waals surface area contributed by atoms with E-state index in [0.29, 0.717) is 0 Å². The molecule has 0 fully saturated rings. The highest BCUT2D eigenvalue weighted by Crippen LogP contribution is 2.24. The number of aromatic amines is 1. The summed E-state index contributed by atoms with van der Waals surface area (Å²) < 4.78 is 0. The Labute approximate surface area is 91.4 Å². The largest absolute Gasteiger partial charge is 0.384 e. The molecule has 0 aliphatic carbocycles.